The van der Waals surface area contributed by atoms with Crippen molar-refractivity contribution in [2.75, 3.05) is 0 Å². The quantitative estimate of drug-likeness (QED) is 0.178. The van der Waals surface area contributed by atoms with E-state index in [2.05, 4.69) is 121 Å². The molecule has 0 amide bonds. The molecule has 0 aliphatic rings. The van der Waals surface area contributed by atoms with Gasteiger partial charge in [0.2, 0.25) is 0 Å². The second-order valence-corrected chi connectivity index (χ2v) is 14.5. The first-order valence-electron chi connectivity index (χ1n) is 12.6. The third-order valence-corrected chi connectivity index (χ3v) is 12.7. The highest BCUT2D eigenvalue weighted by Gasteiger charge is 2.06. The van der Waals surface area contributed by atoms with Crippen molar-refractivity contribution in [3.05, 3.63) is 131 Å². The van der Waals surface area contributed by atoms with Crippen molar-refractivity contribution < 1.29 is 0 Å². The summed E-state index contributed by atoms with van der Waals surface area (Å²) in [5, 5.41) is 9.17. The fourth-order valence-electron chi connectivity index (χ4n) is 4.60. The first kappa shape index (κ1) is 24.6. The van der Waals surface area contributed by atoms with Crippen molar-refractivity contribution in [3.63, 3.8) is 0 Å². The van der Waals surface area contributed by atoms with Crippen molar-refractivity contribution in [2.45, 2.75) is 19.3 Å². The van der Waals surface area contributed by atoms with Gasteiger partial charge in [0.25, 0.3) is 0 Å². The minimum atomic E-state index is 1.19. The summed E-state index contributed by atoms with van der Waals surface area (Å²) in [6, 6.07) is 43.8. The topological polar surface area (TPSA) is 0 Å². The molecule has 6 aromatic rings. The van der Waals surface area contributed by atoms with Crippen molar-refractivity contribution in [3.8, 4) is 43.4 Å². The summed E-state index contributed by atoms with van der Waals surface area (Å²) in [5.41, 5.74) is 5.43. The van der Waals surface area contributed by atoms with Gasteiger partial charge in [-0.05, 0) is 28.7 Å². The molecule has 0 N–H and O–H groups in total. The zero-order valence-corrected chi connectivity index (χ0v) is 24.0. The minimum absolute atomic E-state index is 1.19. The van der Waals surface area contributed by atoms with Crippen molar-refractivity contribution >= 4 is 32.8 Å². The zero-order valence-electron chi connectivity index (χ0n) is 20.5. The smallest absolute Gasteiger partial charge is 0.0334 e. The molecule has 37 heavy (non-hydrogen) atoms. The summed E-state index contributed by atoms with van der Waals surface area (Å²) < 4.78 is 0. The fraction of sp³-hybridized carbons (Fsp3) is 0.0909. The maximum absolute atomic E-state index is 2.26. The average Bonchev–Trinajstić information content (AvgIpc) is 3.60. The van der Waals surface area contributed by atoms with Crippen LogP contribution in [0.25, 0.3) is 43.4 Å². The molecule has 0 unspecified atom stereocenters. The molecule has 0 saturated heterocycles. The zero-order chi connectivity index (χ0) is 24.9. The van der Waals surface area contributed by atoms with Crippen LogP contribution >= 0.6 is 32.8 Å². The highest BCUT2D eigenvalue weighted by molar-refractivity contribution is 7.54. The van der Waals surface area contributed by atoms with Gasteiger partial charge in [0.05, 0.1) is 0 Å². The van der Waals surface area contributed by atoms with Gasteiger partial charge in [0, 0.05) is 0 Å². The minimum Gasteiger partial charge on any atom is -0.302 e. The van der Waals surface area contributed by atoms with Crippen LogP contribution in [0.4, 0.5) is 0 Å². The molecule has 0 spiro atoms. The molecule has 4 heteroatoms. The SMILES string of the molecule is c1ccc(-c2pc(CCCc3pc(-c4ccccc4)c(-c4ccccc4)[p-]3)[p-]c2-c2ccccc2)cc1. The monoisotopic (exact) mass is 546 g/mol. The van der Waals surface area contributed by atoms with E-state index in [4.69, 9.17) is 0 Å². The molecule has 0 bridgehead atoms. The van der Waals surface area contributed by atoms with Gasteiger partial charge in [-0.3, -0.25) is 0 Å². The molecule has 180 valence electrons. The van der Waals surface area contributed by atoms with E-state index in [1.165, 1.54) is 95.5 Å². The molecular formula is C33H26P4-2. The molecule has 0 aliphatic heterocycles. The Balaban J connectivity index is 1.25. The Bertz CT molecular complexity index is 1330. The van der Waals surface area contributed by atoms with Gasteiger partial charge < -0.3 is 32.8 Å². The van der Waals surface area contributed by atoms with Gasteiger partial charge in [-0.1, -0.05) is 155 Å². The summed E-state index contributed by atoms with van der Waals surface area (Å²) >= 11 is 0. The van der Waals surface area contributed by atoms with E-state index in [0.29, 0.717) is 0 Å². The molecular weight excluding hydrogens is 520 g/mol. The largest absolute Gasteiger partial charge is 0.302 e. The first-order valence-corrected chi connectivity index (χ1v) is 16.2. The molecule has 0 atom stereocenters. The Morgan fingerprint density at radius 1 is 0.405 bits per heavy atom. The van der Waals surface area contributed by atoms with Crippen LogP contribution in [0.2, 0.25) is 0 Å². The summed E-state index contributed by atoms with van der Waals surface area (Å²) in [7, 11) is 5.61. The van der Waals surface area contributed by atoms with Gasteiger partial charge in [0.15, 0.2) is 0 Å². The van der Waals surface area contributed by atoms with Gasteiger partial charge in [-0.25, -0.2) is 0 Å². The van der Waals surface area contributed by atoms with Crippen LogP contribution in [0, 0.1) is 0 Å². The second-order valence-electron chi connectivity index (χ2n) is 8.99. The Morgan fingerprint density at radius 3 is 1.08 bits per heavy atom. The predicted octanol–water partition coefficient (Wildman–Crippen LogP) is 12.3. The second kappa shape index (κ2) is 11.8. The van der Waals surface area contributed by atoms with Crippen LogP contribution in [0.1, 0.15) is 16.5 Å². The van der Waals surface area contributed by atoms with Crippen molar-refractivity contribution in [1.29, 1.82) is 0 Å². The molecule has 0 saturated carbocycles. The maximum atomic E-state index is 2.26. The number of aryl methyl sites for hydroxylation is 2. The number of rotatable bonds is 8. The molecule has 2 aromatic heterocycles. The van der Waals surface area contributed by atoms with Crippen LogP contribution in [0.5, 0.6) is 0 Å². The van der Waals surface area contributed by atoms with E-state index in [-0.39, 0.29) is 0 Å². The summed E-state index contributed by atoms with van der Waals surface area (Å²) in [5.74, 6) is 0. The first-order chi connectivity index (χ1) is 18.3. The van der Waals surface area contributed by atoms with Crippen molar-refractivity contribution in [2.24, 2.45) is 0 Å². The van der Waals surface area contributed by atoms with E-state index in [0.717, 1.165) is 0 Å². The Morgan fingerprint density at radius 2 is 0.730 bits per heavy atom. The number of benzene rings is 4. The van der Waals surface area contributed by atoms with Gasteiger partial charge in [0.1, 0.15) is 0 Å². The lowest BCUT2D eigenvalue weighted by Crippen LogP contribution is -1.81. The standard InChI is InChI=1S/C33H26P4/c1-5-14-24(15-6-1)30-31(25-16-7-2-8-17-25)35-28(34-30)22-13-23-29-36-32(26-18-9-3-10-19-26)33(37-29)27-20-11-4-12-21-27/h1-12,14-21H,13,22-23H2/q-2. The lowest BCUT2D eigenvalue weighted by Gasteiger charge is -2.10. The maximum Gasteiger partial charge on any atom is -0.0334 e. The third-order valence-electron chi connectivity index (χ3n) is 6.40. The van der Waals surface area contributed by atoms with Crippen LogP contribution in [0.15, 0.2) is 121 Å². The molecule has 0 radical (unpaired) electrons. The molecule has 6 rings (SSSR count). The highest BCUT2D eigenvalue weighted by atomic mass is 31.1. The van der Waals surface area contributed by atoms with E-state index in [9.17, 15) is 0 Å². The predicted molar refractivity (Wildman–Crippen MR) is 168 cm³/mol. The van der Waals surface area contributed by atoms with Crippen LogP contribution < -0.4 is 0 Å². The number of hydrogen-bond donors (Lipinski definition) is 0. The van der Waals surface area contributed by atoms with E-state index in [1.54, 1.807) is 10.1 Å². The Hall–Kier alpha value is -2.70. The molecule has 0 aliphatic carbocycles. The lowest BCUT2D eigenvalue weighted by molar-refractivity contribution is 0.860. The number of hydrogen-bond acceptors (Lipinski definition) is 0. The van der Waals surface area contributed by atoms with Crippen LogP contribution in [0.3, 0.4) is 0 Å². The fourth-order valence-corrected chi connectivity index (χ4v) is 11.0. The molecule has 4 aromatic carbocycles. The van der Waals surface area contributed by atoms with Gasteiger partial charge >= 0.3 is 0 Å². The lowest BCUT2D eigenvalue weighted by atomic mass is 10.1. The summed E-state index contributed by atoms with van der Waals surface area (Å²) in [4.78, 5) is 0. The highest BCUT2D eigenvalue weighted by Crippen LogP contribution is 2.52. The molecule has 0 nitrogen and oxygen atoms in total. The van der Waals surface area contributed by atoms with Gasteiger partial charge in [-0.2, -0.15) is 10.1 Å². The molecule has 0 fully saturated rings. The average molecular weight is 546 g/mol. The van der Waals surface area contributed by atoms with Crippen molar-refractivity contribution in [1.82, 2.24) is 0 Å². The molecule has 2 heterocycles. The van der Waals surface area contributed by atoms with Gasteiger partial charge in [-0.15, -0.1) is 0 Å². The summed E-state index contributed by atoms with van der Waals surface area (Å²) in [6.45, 7) is 0. The van der Waals surface area contributed by atoms with E-state index < -0.39 is 0 Å². The Labute approximate surface area is 226 Å². The van der Waals surface area contributed by atoms with Crippen LogP contribution in [-0.4, -0.2) is 0 Å². The van der Waals surface area contributed by atoms with E-state index in [1.807, 2.05) is 0 Å². The van der Waals surface area contributed by atoms with Crippen LogP contribution in [-0.2, 0) is 12.8 Å². The normalized spacial score (nSPS) is 11.9. The summed E-state index contributed by atoms with van der Waals surface area (Å²) in [6.07, 6.45) is 3.59. The Kier molecular flexibility index (Phi) is 7.84. The van der Waals surface area contributed by atoms with E-state index >= 15 is 0 Å². The third kappa shape index (κ3) is 5.75.